The molecule has 1 saturated heterocycles. The number of nitrogens with one attached hydrogen (secondary N) is 1. The number of hydrogen-bond acceptors (Lipinski definition) is 6. The Morgan fingerprint density at radius 2 is 2.11 bits per heavy atom. The number of carbonyl (C=O) groups excluding carboxylic acids is 2. The van der Waals surface area contributed by atoms with Gasteiger partial charge in [0.05, 0.1) is 6.26 Å². The predicted octanol–water partition coefficient (Wildman–Crippen LogP) is 1.81. The first-order valence-electron chi connectivity index (χ1n) is 9.88. The number of nitrogen functional groups attached to an aromatic ring is 1. The highest BCUT2D eigenvalue weighted by atomic mass is 16.3. The van der Waals surface area contributed by atoms with Crippen LogP contribution < -0.4 is 11.1 Å². The summed E-state index contributed by atoms with van der Waals surface area (Å²) in [5.41, 5.74) is 8.19. The van der Waals surface area contributed by atoms with E-state index in [-0.39, 0.29) is 23.7 Å². The number of aromatic nitrogens is 2. The number of rotatable bonds is 4. The second-order valence-electron chi connectivity index (χ2n) is 7.51. The molecule has 2 aromatic rings. The molecule has 3 heterocycles. The maximum atomic E-state index is 13.2. The standard InChI is InChI=1S/C20H25N5O3/c21-20-23-15-7-2-1-6-14(15)17(24-20)19(27)25-9-3-5-13(12-25)11-22-18(26)16-8-4-10-28-16/h4,8,10,13H,1-3,5-7,9,11-12H2,(H,22,26)(H2,21,23,24)/t13-/m0/s1. The molecule has 0 bridgehead atoms. The van der Waals surface area contributed by atoms with Crippen molar-refractivity contribution in [3.8, 4) is 0 Å². The lowest BCUT2D eigenvalue weighted by Gasteiger charge is -2.33. The Labute approximate surface area is 163 Å². The van der Waals surface area contributed by atoms with Gasteiger partial charge in [0, 0.05) is 30.9 Å². The highest BCUT2D eigenvalue weighted by Crippen LogP contribution is 2.25. The molecule has 0 unspecified atom stereocenters. The molecule has 0 spiro atoms. The van der Waals surface area contributed by atoms with E-state index in [0.29, 0.717) is 31.1 Å². The van der Waals surface area contributed by atoms with Crippen LogP contribution in [0.1, 0.15) is 58.0 Å². The summed E-state index contributed by atoms with van der Waals surface area (Å²) in [6, 6.07) is 3.32. The average molecular weight is 383 g/mol. The summed E-state index contributed by atoms with van der Waals surface area (Å²) in [6.45, 7) is 1.80. The second-order valence-corrected chi connectivity index (χ2v) is 7.51. The van der Waals surface area contributed by atoms with Crippen molar-refractivity contribution < 1.29 is 14.0 Å². The minimum absolute atomic E-state index is 0.0747. The zero-order valence-corrected chi connectivity index (χ0v) is 15.8. The number of fused-ring (bicyclic) bond motifs is 1. The van der Waals surface area contributed by atoms with Gasteiger partial charge in [-0.3, -0.25) is 9.59 Å². The molecule has 1 aliphatic carbocycles. The highest BCUT2D eigenvalue weighted by Gasteiger charge is 2.29. The molecule has 0 aromatic carbocycles. The van der Waals surface area contributed by atoms with E-state index in [1.807, 2.05) is 4.90 Å². The lowest BCUT2D eigenvalue weighted by Crippen LogP contribution is -2.44. The molecular weight excluding hydrogens is 358 g/mol. The van der Waals surface area contributed by atoms with Crippen molar-refractivity contribution in [1.29, 1.82) is 0 Å². The van der Waals surface area contributed by atoms with Crippen LogP contribution in [0.25, 0.3) is 0 Å². The number of hydrogen-bond donors (Lipinski definition) is 2. The molecule has 2 aliphatic rings. The lowest BCUT2D eigenvalue weighted by atomic mass is 9.93. The summed E-state index contributed by atoms with van der Waals surface area (Å²) in [5.74, 6) is 0.363. The topological polar surface area (TPSA) is 114 Å². The number of anilines is 1. The van der Waals surface area contributed by atoms with E-state index in [1.54, 1.807) is 12.1 Å². The van der Waals surface area contributed by atoms with Crippen molar-refractivity contribution in [2.24, 2.45) is 5.92 Å². The van der Waals surface area contributed by atoms with Gasteiger partial charge in [-0.2, -0.15) is 0 Å². The summed E-state index contributed by atoms with van der Waals surface area (Å²) in [7, 11) is 0. The van der Waals surface area contributed by atoms with Gasteiger partial charge < -0.3 is 20.4 Å². The van der Waals surface area contributed by atoms with Gasteiger partial charge in [0.1, 0.15) is 5.69 Å². The van der Waals surface area contributed by atoms with Crippen molar-refractivity contribution in [2.45, 2.75) is 38.5 Å². The fourth-order valence-corrected chi connectivity index (χ4v) is 4.09. The Hall–Kier alpha value is -2.90. The Kier molecular flexibility index (Phi) is 5.27. The fraction of sp³-hybridized carbons (Fsp3) is 0.500. The van der Waals surface area contributed by atoms with Crippen LogP contribution in [0.5, 0.6) is 0 Å². The number of nitrogens with two attached hydrogens (primary N) is 1. The zero-order chi connectivity index (χ0) is 19.5. The maximum Gasteiger partial charge on any atom is 0.286 e. The largest absolute Gasteiger partial charge is 0.459 e. The van der Waals surface area contributed by atoms with Gasteiger partial charge in [0.2, 0.25) is 5.95 Å². The van der Waals surface area contributed by atoms with Gasteiger partial charge >= 0.3 is 0 Å². The van der Waals surface area contributed by atoms with E-state index in [4.69, 9.17) is 10.2 Å². The zero-order valence-electron chi connectivity index (χ0n) is 15.8. The number of carbonyl (C=O) groups is 2. The van der Waals surface area contributed by atoms with Gasteiger partial charge in [-0.15, -0.1) is 0 Å². The van der Waals surface area contributed by atoms with E-state index in [9.17, 15) is 9.59 Å². The van der Waals surface area contributed by atoms with Crippen LogP contribution in [-0.4, -0.2) is 46.3 Å². The number of amides is 2. The molecule has 1 atom stereocenters. The Bertz CT molecular complexity index is 865. The van der Waals surface area contributed by atoms with Crippen LogP contribution in [-0.2, 0) is 12.8 Å². The molecule has 8 nitrogen and oxygen atoms in total. The molecule has 8 heteroatoms. The number of aryl methyl sites for hydroxylation is 1. The van der Waals surface area contributed by atoms with Crippen LogP contribution in [0.4, 0.5) is 5.95 Å². The van der Waals surface area contributed by atoms with Crippen molar-refractivity contribution >= 4 is 17.8 Å². The number of likely N-dealkylation sites (tertiary alicyclic amines) is 1. The molecule has 3 N–H and O–H groups in total. The smallest absolute Gasteiger partial charge is 0.286 e. The van der Waals surface area contributed by atoms with Gasteiger partial charge in [-0.25, -0.2) is 9.97 Å². The highest BCUT2D eigenvalue weighted by molar-refractivity contribution is 5.94. The van der Waals surface area contributed by atoms with E-state index >= 15 is 0 Å². The first-order chi connectivity index (χ1) is 13.6. The van der Waals surface area contributed by atoms with Crippen molar-refractivity contribution in [3.63, 3.8) is 0 Å². The van der Waals surface area contributed by atoms with Crippen LogP contribution >= 0.6 is 0 Å². The fourth-order valence-electron chi connectivity index (χ4n) is 4.09. The molecule has 28 heavy (non-hydrogen) atoms. The molecule has 148 valence electrons. The van der Waals surface area contributed by atoms with Gasteiger partial charge in [0.25, 0.3) is 11.8 Å². The lowest BCUT2D eigenvalue weighted by molar-refractivity contribution is 0.0662. The number of nitrogens with zero attached hydrogens (tertiary/aromatic N) is 3. The molecule has 4 rings (SSSR count). The van der Waals surface area contributed by atoms with Gasteiger partial charge in [0.15, 0.2) is 5.76 Å². The normalized spacial score (nSPS) is 19.1. The minimum atomic E-state index is -0.230. The molecular formula is C20H25N5O3. The second kappa shape index (κ2) is 8.00. The quantitative estimate of drug-likeness (QED) is 0.832. The van der Waals surface area contributed by atoms with Crippen molar-refractivity contribution in [3.05, 3.63) is 41.1 Å². The Morgan fingerprint density at radius 1 is 1.25 bits per heavy atom. The third kappa shape index (κ3) is 3.85. The first-order valence-corrected chi connectivity index (χ1v) is 9.88. The molecule has 1 fully saturated rings. The van der Waals surface area contributed by atoms with Crippen molar-refractivity contribution in [2.75, 3.05) is 25.4 Å². The Morgan fingerprint density at radius 3 is 2.93 bits per heavy atom. The van der Waals surface area contributed by atoms with Crippen LogP contribution in [0.3, 0.4) is 0 Å². The summed E-state index contributed by atoms with van der Waals surface area (Å²) >= 11 is 0. The monoisotopic (exact) mass is 383 g/mol. The van der Waals surface area contributed by atoms with Crippen LogP contribution in [0, 0.1) is 5.92 Å². The molecule has 2 amide bonds. The van der Waals surface area contributed by atoms with Crippen LogP contribution in [0.2, 0.25) is 0 Å². The SMILES string of the molecule is Nc1nc2c(c(C(=O)N3CCC[C@@H](CNC(=O)c4ccco4)C3)n1)CCCC2. The summed E-state index contributed by atoms with van der Waals surface area (Å²) in [5, 5.41) is 2.90. The number of piperidine rings is 1. The Balaban J connectivity index is 1.42. The minimum Gasteiger partial charge on any atom is -0.459 e. The van der Waals surface area contributed by atoms with E-state index in [1.165, 1.54) is 6.26 Å². The van der Waals surface area contributed by atoms with Gasteiger partial charge in [-0.05, 0) is 56.6 Å². The summed E-state index contributed by atoms with van der Waals surface area (Å²) < 4.78 is 5.11. The van der Waals surface area contributed by atoms with Gasteiger partial charge in [-0.1, -0.05) is 0 Å². The molecule has 2 aromatic heterocycles. The van der Waals surface area contributed by atoms with Crippen LogP contribution in [0.15, 0.2) is 22.8 Å². The molecule has 0 saturated carbocycles. The maximum absolute atomic E-state index is 13.2. The average Bonchev–Trinajstić information content (AvgIpc) is 3.26. The molecule has 1 aliphatic heterocycles. The molecule has 0 radical (unpaired) electrons. The third-order valence-corrected chi connectivity index (χ3v) is 5.51. The van der Waals surface area contributed by atoms with Crippen molar-refractivity contribution in [1.82, 2.24) is 20.2 Å². The van der Waals surface area contributed by atoms with E-state index in [2.05, 4.69) is 15.3 Å². The third-order valence-electron chi connectivity index (χ3n) is 5.51. The predicted molar refractivity (Wildman–Crippen MR) is 103 cm³/mol. The van der Waals surface area contributed by atoms with E-state index < -0.39 is 0 Å². The number of furan rings is 1. The first kappa shape index (κ1) is 18.5. The summed E-state index contributed by atoms with van der Waals surface area (Å²) in [6.07, 6.45) is 7.13. The summed E-state index contributed by atoms with van der Waals surface area (Å²) in [4.78, 5) is 35.7. The van der Waals surface area contributed by atoms with E-state index in [0.717, 1.165) is 49.8 Å².